The first-order chi connectivity index (χ1) is 8.95. The van der Waals surface area contributed by atoms with Crippen molar-refractivity contribution < 1.29 is 9.59 Å². The van der Waals surface area contributed by atoms with Gasteiger partial charge < -0.3 is 15.5 Å². The molecule has 104 valence electrons. The number of nitrogens with zero attached hydrogens (tertiary/aromatic N) is 1. The minimum Gasteiger partial charge on any atom is -0.345 e. The number of carbonyl (C=O) groups is 2. The minimum atomic E-state index is -0.0413. The van der Waals surface area contributed by atoms with E-state index in [0.717, 1.165) is 5.56 Å². The van der Waals surface area contributed by atoms with E-state index in [1.54, 1.807) is 33.3 Å². The topological polar surface area (TPSA) is 61.4 Å². The third-order valence-corrected chi connectivity index (χ3v) is 2.75. The average molecular weight is 263 g/mol. The summed E-state index contributed by atoms with van der Waals surface area (Å²) < 4.78 is 0. The highest BCUT2D eigenvalue weighted by Gasteiger charge is 2.11. The number of anilines is 1. The molecule has 0 aliphatic heterocycles. The maximum absolute atomic E-state index is 11.9. The van der Waals surface area contributed by atoms with Gasteiger partial charge in [0.25, 0.3) is 5.91 Å². The second kappa shape index (κ2) is 6.89. The van der Waals surface area contributed by atoms with Crippen molar-refractivity contribution in [3.8, 4) is 0 Å². The normalized spacial score (nSPS) is 10.1. The van der Waals surface area contributed by atoms with Gasteiger partial charge in [-0.2, -0.15) is 0 Å². The molecule has 0 radical (unpaired) electrons. The molecule has 0 aliphatic rings. The number of aryl methyl sites for hydroxylation is 1. The van der Waals surface area contributed by atoms with Crippen LogP contribution in [-0.4, -0.2) is 44.4 Å². The van der Waals surface area contributed by atoms with Crippen LogP contribution in [0.2, 0.25) is 0 Å². The lowest BCUT2D eigenvalue weighted by Gasteiger charge is -2.13. The fraction of sp³-hybridized carbons (Fsp3) is 0.429. The van der Waals surface area contributed by atoms with Crippen LogP contribution >= 0.6 is 0 Å². The Bertz CT molecular complexity index is 470. The summed E-state index contributed by atoms with van der Waals surface area (Å²) >= 11 is 0. The van der Waals surface area contributed by atoms with Crippen molar-refractivity contribution in [2.45, 2.75) is 13.3 Å². The maximum atomic E-state index is 11.9. The van der Waals surface area contributed by atoms with Crippen molar-refractivity contribution in [2.75, 3.05) is 33.0 Å². The van der Waals surface area contributed by atoms with Gasteiger partial charge in [-0.15, -0.1) is 0 Å². The molecule has 0 bridgehead atoms. The minimum absolute atomic E-state index is 0.0365. The van der Waals surface area contributed by atoms with Crippen LogP contribution in [0.5, 0.6) is 0 Å². The molecule has 5 nitrogen and oxygen atoms in total. The van der Waals surface area contributed by atoms with E-state index in [0.29, 0.717) is 24.2 Å². The Kier molecular flexibility index (Phi) is 5.51. The predicted octanol–water partition coefficient (Wildman–Crippen LogP) is 1.24. The third kappa shape index (κ3) is 4.37. The van der Waals surface area contributed by atoms with Crippen LogP contribution in [0.1, 0.15) is 22.3 Å². The molecule has 2 N–H and O–H groups in total. The number of hydrogen-bond acceptors (Lipinski definition) is 3. The lowest BCUT2D eigenvalue weighted by molar-refractivity contribution is -0.116. The number of carbonyl (C=O) groups excluding carboxylic acids is 2. The van der Waals surface area contributed by atoms with Gasteiger partial charge in [0.05, 0.1) is 0 Å². The molecular weight excluding hydrogens is 242 g/mol. The molecule has 0 fully saturated rings. The summed E-state index contributed by atoms with van der Waals surface area (Å²) in [5.74, 6) is -0.0778. The predicted molar refractivity (Wildman–Crippen MR) is 76.4 cm³/mol. The Balaban J connectivity index is 2.77. The summed E-state index contributed by atoms with van der Waals surface area (Å²) in [7, 11) is 5.24. The molecule has 0 aliphatic carbocycles. The monoisotopic (exact) mass is 263 g/mol. The zero-order chi connectivity index (χ0) is 14.4. The van der Waals surface area contributed by atoms with Crippen LogP contribution in [0.15, 0.2) is 18.2 Å². The Morgan fingerprint density at radius 2 is 1.95 bits per heavy atom. The first kappa shape index (κ1) is 15.2. The van der Waals surface area contributed by atoms with Gasteiger partial charge in [-0.25, -0.2) is 0 Å². The Hall–Kier alpha value is -1.88. The quantitative estimate of drug-likeness (QED) is 0.840. The van der Waals surface area contributed by atoms with Crippen LogP contribution in [0, 0.1) is 6.92 Å². The van der Waals surface area contributed by atoms with E-state index in [4.69, 9.17) is 0 Å². The highest BCUT2D eigenvalue weighted by Crippen LogP contribution is 2.16. The molecule has 0 spiro atoms. The lowest BCUT2D eigenvalue weighted by atomic mass is 10.1. The summed E-state index contributed by atoms with van der Waals surface area (Å²) in [6, 6.07) is 5.31. The average Bonchev–Trinajstić information content (AvgIpc) is 2.35. The van der Waals surface area contributed by atoms with Gasteiger partial charge in [-0.05, 0) is 37.7 Å². The highest BCUT2D eigenvalue weighted by atomic mass is 16.2. The van der Waals surface area contributed by atoms with Gasteiger partial charge >= 0.3 is 0 Å². The van der Waals surface area contributed by atoms with Gasteiger partial charge in [0, 0.05) is 38.3 Å². The molecule has 1 rings (SSSR count). The SMILES string of the molecule is CNCCC(=O)Nc1ccc(C(=O)N(C)C)c(C)c1. The van der Waals surface area contributed by atoms with E-state index in [9.17, 15) is 9.59 Å². The van der Waals surface area contributed by atoms with E-state index in [2.05, 4.69) is 10.6 Å². The fourth-order valence-corrected chi connectivity index (χ4v) is 1.68. The largest absolute Gasteiger partial charge is 0.345 e. The van der Waals surface area contributed by atoms with Crippen molar-refractivity contribution in [3.63, 3.8) is 0 Å². The molecule has 0 aromatic heterocycles. The number of hydrogen-bond donors (Lipinski definition) is 2. The van der Waals surface area contributed by atoms with E-state index < -0.39 is 0 Å². The van der Waals surface area contributed by atoms with Gasteiger partial charge in [-0.3, -0.25) is 9.59 Å². The number of rotatable bonds is 5. The Morgan fingerprint density at radius 1 is 1.26 bits per heavy atom. The van der Waals surface area contributed by atoms with E-state index in [1.165, 1.54) is 4.90 Å². The molecule has 0 unspecified atom stereocenters. The van der Waals surface area contributed by atoms with Gasteiger partial charge in [-0.1, -0.05) is 0 Å². The van der Waals surface area contributed by atoms with Crippen LogP contribution in [0.3, 0.4) is 0 Å². The Morgan fingerprint density at radius 3 is 2.47 bits per heavy atom. The first-order valence-electron chi connectivity index (χ1n) is 6.22. The standard InChI is InChI=1S/C14H21N3O2/c1-10-9-11(16-13(18)7-8-15-2)5-6-12(10)14(19)17(3)4/h5-6,9,15H,7-8H2,1-4H3,(H,16,18). The van der Waals surface area contributed by atoms with E-state index in [1.807, 2.05) is 13.0 Å². The molecule has 19 heavy (non-hydrogen) atoms. The molecule has 5 heteroatoms. The smallest absolute Gasteiger partial charge is 0.253 e. The van der Waals surface area contributed by atoms with Crippen molar-refractivity contribution in [2.24, 2.45) is 0 Å². The molecule has 0 atom stereocenters. The molecular formula is C14H21N3O2. The Labute approximate surface area is 114 Å². The van der Waals surface area contributed by atoms with E-state index in [-0.39, 0.29) is 11.8 Å². The van der Waals surface area contributed by atoms with Crippen LogP contribution in [0.4, 0.5) is 5.69 Å². The zero-order valence-electron chi connectivity index (χ0n) is 11.9. The summed E-state index contributed by atoms with van der Waals surface area (Å²) in [5.41, 5.74) is 2.22. The molecule has 0 saturated carbocycles. The second-order valence-electron chi connectivity index (χ2n) is 4.63. The van der Waals surface area contributed by atoms with Crippen molar-refractivity contribution in [1.82, 2.24) is 10.2 Å². The summed E-state index contributed by atoms with van der Waals surface area (Å²) in [5, 5.41) is 5.73. The van der Waals surface area contributed by atoms with Crippen molar-refractivity contribution in [1.29, 1.82) is 0 Å². The van der Waals surface area contributed by atoms with Crippen LogP contribution in [-0.2, 0) is 4.79 Å². The van der Waals surface area contributed by atoms with Crippen LogP contribution < -0.4 is 10.6 Å². The third-order valence-electron chi connectivity index (χ3n) is 2.75. The van der Waals surface area contributed by atoms with E-state index >= 15 is 0 Å². The molecule has 1 aromatic carbocycles. The van der Waals surface area contributed by atoms with Crippen LogP contribution in [0.25, 0.3) is 0 Å². The molecule has 0 saturated heterocycles. The zero-order valence-corrected chi connectivity index (χ0v) is 11.9. The summed E-state index contributed by atoms with van der Waals surface area (Å²) in [6.45, 7) is 2.50. The highest BCUT2D eigenvalue weighted by molar-refractivity contribution is 5.97. The molecule has 0 heterocycles. The summed E-state index contributed by atoms with van der Waals surface area (Å²) in [6.07, 6.45) is 0.425. The van der Waals surface area contributed by atoms with Crippen molar-refractivity contribution in [3.05, 3.63) is 29.3 Å². The molecule has 2 amide bonds. The second-order valence-corrected chi connectivity index (χ2v) is 4.63. The fourth-order valence-electron chi connectivity index (χ4n) is 1.68. The van der Waals surface area contributed by atoms with Crippen molar-refractivity contribution >= 4 is 17.5 Å². The number of benzene rings is 1. The molecule has 1 aromatic rings. The van der Waals surface area contributed by atoms with Gasteiger partial charge in [0.1, 0.15) is 0 Å². The number of nitrogens with one attached hydrogen (secondary N) is 2. The first-order valence-corrected chi connectivity index (χ1v) is 6.22. The summed E-state index contributed by atoms with van der Waals surface area (Å²) in [4.78, 5) is 25.0. The number of amides is 2. The van der Waals surface area contributed by atoms with Gasteiger partial charge in [0.15, 0.2) is 0 Å². The maximum Gasteiger partial charge on any atom is 0.253 e. The lowest BCUT2D eigenvalue weighted by Crippen LogP contribution is -2.23. The van der Waals surface area contributed by atoms with Gasteiger partial charge in [0.2, 0.25) is 5.91 Å².